The minimum Gasteiger partial charge on any atom is -0.497 e. The average Bonchev–Trinajstić information content (AvgIpc) is 3.29. The zero-order valence-corrected chi connectivity index (χ0v) is 19.3. The van der Waals surface area contributed by atoms with Crippen molar-refractivity contribution in [3.8, 4) is 11.4 Å². The van der Waals surface area contributed by atoms with Gasteiger partial charge in [0.05, 0.1) is 30.6 Å². The number of nitrogens with one attached hydrogen (secondary N) is 2. The molecule has 0 fully saturated rings. The molecule has 0 atom stereocenters. The Labute approximate surface area is 197 Å². The molecule has 4 rings (SSSR count). The van der Waals surface area contributed by atoms with Gasteiger partial charge in [0.2, 0.25) is 0 Å². The van der Waals surface area contributed by atoms with Crippen molar-refractivity contribution in [2.45, 2.75) is 0 Å². The van der Waals surface area contributed by atoms with Crippen LogP contribution in [0.5, 0.6) is 5.75 Å². The standard InChI is InChI=1S/C24H26N8O2/c1-31(2)12-11-25-24(33)18-9-7-17(8-10-18)14-28-30-22-21-15-29-32(23(21)27-16-26-22)19-5-4-6-20(13-19)34-3/h4-10,13-16H,11-12H2,1-3H3,(H,25,33)(H,26,27,30)/b28-14+. The zero-order chi connectivity index (χ0) is 23.9. The molecule has 2 aromatic carbocycles. The molecule has 0 saturated carbocycles. The number of rotatable bonds is 9. The number of ether oxygens (including phenoxy) is 1. The number of fused-ring (bicyclic) bond motifs is 1. The first kappa shape index (κ1) is 22.9. The summed E-state index contributed by atoms with van der Waals surface area (Å²) in [5.41, 5.74) is 5.87. The summed E-state index contributed by atoms with van der Waals surface area (Å²) in [6, 6.07) is 14.8. The Morgan fingerprint density at radius 1 is 1.18 bits per heavy atom. The Morgan fingerprint density at radius 2 is 2.00 bits per heavy atom. The van der Waals surface area contributed by atoms with Gasteiger partial charge in [0, 0.05) is 24.7 Å². The summed E-state index contributed by atoms with van der Waals surface area (Å²) >= 11 is 0. The van der Waals surface area contributed by atoms with Crippen LogP contribution in [0.3, 0.4) is 0 Å². The fraction of sp³-hybridized carbons (Fsp3) is 0.208. The lowest BCUT2D eigenvalue weighted by atomic mass is 10.1. The van der Waals surface area contributed by atoms with E-state index in [2.05, 4.69) is 30.9 Å². The van der Waals surface area contributed by atoms with E-state index in [9.17, 15) is 4.79 Å². The molecule has 0 unspecified atom stereocenters. The third-order valence-electron chi connectivity index (χ3n) is 5.07. The van der Waals surface area contributed by atoms with E-state index < -0.39 is 0 Å². The lowest BCUT2D eigenvalue weighted by molar-refractivity contribution is 0.0951. The molecule has 0 radical (unpaired) electrons. The molecule has 34 heavy (non-hydrogen) atoms. The summed E-state index contributed by atoms with van der Waals surface area (Å²) in [5.74, 6) is 1.17. The molecule has 0 bridgehead atoms. The first-order valence-corrected chi connectivity index (χ1v) is 10.7. The van der Waals surface area contributed by atoms with Gasteiger partial charge >= 0.3 is 0 Å². The SMILES string of the molecule is COc1cccc(-n2ncc3c(N/N=C/c4ccc(C(=O)NCCN(C)C)cc4)ncnc32)c1. The maximum absolute atomic E-state index is 12.2. The van der Waals surface area contributed by atoms with E-state index >= 15 is 0 Å². The molecule has 2 N–H and O–H groups in total. The van der Waals surface area contributed by atoms with Gasteiger partial charge in [0.1, 0.15) is 12.1 Å². The van der Waals surface area contributed by atoms with Gasteiger partial charge in [-0.1, -0.05) is 18.2 Å². The molecule has 0 aliphatic heterocycles. The lowest BCUT2D eigenvalue weighted by Gasteiger charge is -2.10. The van der Waals surface area contributed by atoms with E-state index in [1.807, 2.05) is 55.4 Å². The van der Waals surface area contributed by atoms with Crippen LogP contribution in [-0.4, -0.2) is 71.1 Å². The molecular weight excluding hydrogens is 432 g/mol. The molecule has 0 saturated heterocycles. The third kappa shape index (κ3) is 5.36. The fourth-order valence-electron chi connectivity index (χ4n) is 3.25. The Hall–Kier alpha value is -4.31. The van der Waals surface area contributed by atoms with E-state index in [1.165, 1.54) is 6.33 Å². The average molecular weight is 459 g/mol. The number of likely N-dealkylation sites (N-methyl/N-ethyl adjacent to an activating group) is 1. The Balaban J connectivity index is 1.44. The van der Waals surface area contributed by atoms with Crippen LogP contribution in [-0.2, 0) is 0 Å². The van der Waals surface area contributed by atoms with Gasteiger partial charge in [-0.2, -0.15) is 10.2 Å². The van der Waals surface area contributed by atoms with Crippen LogP contribution in [0, 0.1) is 0 Å². The van der Waals surface area contributed by atoms with Crippen molar-refractivity contribution in [1.29, 1.82) is 0 Å². The molecule has 4 aromatic rings. The van der Waals surface area contributed by atoms with Gasteiger partial charge in [-0.05, 0) is 43.9 Å². The molecule has 0 aliphatic carbocycles. The van der Waals surface area contributed by atoms with Gasteiger partial charge in [-0.25, -0.2) is 14.6 Å². The van der Waals surface area contributed by atoms with Crippen LogP contribution in [0.15, 0.2) is 66.2 Å². The second-order valence-corrected chi connectivity index (χ2v) is 7.77. The first-order valence-electron chi connectivity index (χ1n) is 10.7. The second kappa shape index (κ2) is 10.5. The highest BCUT2D eigenvalue weighted by molar-refractivity contribution is 5.95. The van der Waals surface area contributed by atoms with Crippen molar-refractivity contribution >= 4 is 29.0 Å². The van der Waals surface area contributed by atoms with E-state index in [0.717, 1.165) is 28.9 Å². The van der Waals surface area contributed by atoms with Gasteiger partial charge < -0.3 is 15.0 Å². The second-order valence-electron chi connectivity index (χ2n) is 7.77. The highest BCUT2D eigenvalue weighted by atomic mass is 16.5. The highest BCUT2D eigenvalue weighted by Crippen LogP contribution is 2.23. The molecule has 0 spiro atoms. The number of benzene rings is 2. The van der Waals surface area contributed by atoms with Crippen LogP contribution in [0.1, 0.15) is 15.9 Å². The van der Waals surface area contributed by atoms with Crippen molar-refractivity contribution in [2.24, 2.45) is 5.10 Å². The monoisotopic (exact) mass is 458 g/mol. The lowest BCUT2D eigenvalue weighted by Crippen LogP contribution is -2.31. The van der Waals surface area contributed by atoms with Crippen molar-refractivity contribution in [3.05, 3.63) is 72.2 Å². The number of carbonyl (C=O) groups excluding carboxylic acids is 1. The van der Waals surface area contributed by atoms with Crippen LogP contribution < -0.4 is 15.5 Å². The number of methoxy groups -OCH3 is 1. The van der Waals surface area contributed by atoms with E-state index in [1.54, 1.807) is 36.3 Å². The summed E-state index contributed by atoms with van der Waals surface area (Å²) in [7, 11) is 5.55. The minimum atomic E-state index is -0.0973. The van der Waals surface area contributed by atoms with Crippen molar-refractivity contribution in [1.82, 2.24) is 30.0 Å². The third-order valence-corrected chi connectivity index (χ3v) is 5.07. The van der Waals surface area contributed by atoms with E-state index in [0.29, 0.717) is 23.6 Å². The quantitative estimate of drug-likeness (QED) is 0.293. The number of hydrazone groups is 1. The van der Waals surface area contributed by atoms with Crippen LogP contribution in [0.2, 0.25) is 0 Å². The predicted molar refractivity (Wildman–Crippen MR) is 132 cm³/mol. The Bertz CT molecular complexity index is 1300. The Morgan fingerprint density at radius 3 is 2.76 bits per heavy atom. The number of nitrogens with zero attached hydrogens (tertiary/aromatic N) is 6. The summed E-state index contributed by atoms with van der Waals surface area (Å²) in [6.45, 7) is 1.39. The maximum Gasteiger partial charge on any atom is 0.251 e. The van der Waals surface area contributed by atoms with Gasteiger partial charge in [0.25, 0.3) is 5.91 Å². The number of anilines is 1. The maximum atomic E-state index is 12.2. The number of hydrogen-bond donors (Lipinski definition) is 2. The van der Waals surface area contributed by atoms with E-state index in [-0.39, 0.29) is 5.91 Å². The Kier molecular flexibility index (Phi) is 7.09. The molecule has 2 heterocycles. The fourth-order valence-corrected chi connectivity index (χ4v) is 3.25. The minimum absolute atomic E-state index is 0.0973. The smallest absolute Gasteiger partial charge is 0.251 e. The molecule has 2 aromatic heterocycles. The van der Waals surface area contributed by atoms with Crippen molar-refractivity contribution < 1.29 is 9.53 Å². The van der Waals surface area contributed by atoms with Crippen molar-refractivity contribution in [3.63, 3.8) is 0 Å². The number of aromatic nitrogens is 4. The van der Waals surface area contributed by atoms with Gasteiger partial charge in [-0.15, -0.1) is 0 Å². The van der Waals surface area contributed by atoms with Gasteiger partial charge in [-0.3, -0.25) is 10.2 Å². The summed E-state index contributed by atoms with van der Waals surface area (Å²) in [5, 5.41) is 12.4. The molecule has 174 valence electrons. The summed E-state index contributed by atoms with van der Waals surface area (Å²) in [6.07, 6.45) is 4.81. The molecule has 0 aliphatic rings. The van der Waals surface area contributed by atoms with Crippen LogP contribution in [0.25, 0.3) is 16.7 Å². The first-order chi connectivity index (χ1) is 16.5. The topological polar surface area (TPSA) is 110 Å². The molecule has 10 nitrogen and oxygen atoms in total. The summed E-state index contributed by atoms with van der Waals surface area (Å²) in [4.78, 5) is 22.9. The molecule has 10 heteroatoms. The molecule has 1 amide bonds. The van der Waals surface area contributed by atoms with E-state index in [4.69, 9.17) is 4.74 Å². The largest absolute Gasteiger partial charge is 0.497 e. The number of carbonyl (C=O) groups is 1. The number of hydrogen-bond acceptors (Lipinski definition) is 8. The van der Waals surface area contributed by atoms with Crippen LogP contribution >= 0.6 is 0 Å². The normalized spacial score (nSPS) is 11.3. The summed E-state index contributed by atoms with van der Waals surface area (Å²) < 4.78 is 7.02. The number of amides is 1. The van der Waals surface area contributed by atoms with Crippen LogP contribution in [0.4, 0.5) is 5.82 Å². The predicted octanol–water partition coefficient (Wildman–Crippen LogP) is 2.56. The van der Waals surface area contributed by atoms with Gasteiger partial charge in [0.15, 0.2) is 11.5 Å². The molecular formula is C24H26N8O2. The highest BCUT2D eigenvalue weighted by Gasteiger charge is 2.11. The zero-order valence-electron chi connectivity index (χ0n) is 19.3. The van der Waals surface area contributed by atoms with Crippen molar-refractivity contribution in [2.75, 3.05) is 39.7 Å².